The topological polar surface area (TPSA) is 69.0 Å². The molecule has 3 aromatic carbocycles. The molecule has 0 saturated heterocycles. The first-order chi connectivity index (χ1) is 18.2. The predicted octanol–water partition coefficient (Wildman–Crippen LogP) is 5.69. The molecule has 6 nitrogen and oxygen atoms in total. The third kappa shape index (κ3) is 5.50. The van der Waals surface area contributed by atoms with E-state index >= 15 is 4.39 Å². The summed E-state index contributed by atoms with van der Waals surface area (Å²) in [4.78, 5) is 16.3. The molecule has 0 spiro atoms. The van der Waals surface area contributed by atoms with Crippen LogP contribution in [0.2, 0.25) is 0 Å². The third-order valence-electron chi connectivity index (χ3n) is 6.74. The highest BCUT2D eigenvalue weighted by Crippen LogP contribution is 2.29. The Kier molecular flexibility index (Phi) is 7.08. The van der Waals surface area contributed by atoms with Crippen LogP contribution in [0.3, 0.4) is 0 Å². The Labute approximate surface area is 220 Å². The standard InChI is InChI=1S/C30H30F2N4O2/c1-30(2,3)29(37)38-18-36-17-34-28(35-36)20-10-8-19(9-11-20)24-12-13-26(31)25(27(24)32)16-33-23-14-21-6-4-5-7-22(21)15-23/h4-13,17,23,33H,14-16,18H2,1-3H3. The molecule has 0 saturated carbocycles. The highest BCUT2D eigenvalue weighted by atomic mass is 19.1. The minimum Gasteiger partial charge on any atom is -0.442 e. The second-order valence-corrected chi connectivity index (χ2v) is 10.6. The van der Waals surface area contributed by atoms with Gasteiger partial charge in [-0.3, -0.25) is 4.79 Å². The van der Waals surface area contributed by atoms with E-state index in [9.17, 15) is 9.18 Å². The number of esters is 1. The number of aromatic nitrogens is 3. The van der Waals surface area contributed by atoms with E-state index in [1.165, 1.54) is 34.3 Å². The molecule has 8 heteroatoms. The Hall–Kier alpha value is -3.91. The van der Waals surface area contributed by atoms with Crippen molar-refractivity contribution >= 4 is 5.97 Å². The summed E-state index contributed by atoms with van der Waals surface area (Å²) in [5, 5.41) is 7.69. The Balaban J connectivity index is 1.26. The highest BCUT2D eigenvalue weighted by molar-refractivity contribution is 5.75. The smallest absolute Gasteiger partial charge is 0.313 e. The summed E-state index contributed by atoms with van der Waals surface area (Å²) in [6.45, 7) is 5.42. The molecule has 1 aromatic heterocycles. The Morgan fingerprint density at radius 1 is 1.00 bits per heavy atom. The van der Waals surface area contributed by atoms with E-state index in [-0.39, 0.29) is 30.9 Å². The number of hydrogen-bond acceptors (Lipinski definition) is 5. The van der Waals surface area contributed by atoms with E-state index in [0.717, 1.165) is 18.4 Å². The Bertz CT molecular complexity index is 1430. The molecule has 4 aromatic rings. The van der Waals surface area contributed by atoms with Gasteiger partial charge in [-0.2, -0.15) is 0 Å². The second-order valence-electron chi connectivity index (χ2n) is 10.6. The predicted molar refractivity (Wildman–Crippen MR) is 141 cm³/mol. The molecular weight excluding hydrogens is 486 g/mol. The number of nitrogens with one attached hydrogen (secondary N) is 1. The summed E-state index contributed by atoms with van der Waals surface area (Å²) < 4.78 is 36.8. The average molecular weight is 517 g/mol. The Morgan fingerprint density at radius 2 is 1.66 bits per heavy atom. The van der Waals surface area contributed by atoms with E-state index < -0.39 is 17.0 Å². The van der Waals surface area contributed by atoms with Crippen LogP contribution in [0.4, 0.5) is 8.78 Å². The van der Waals surface area contributed by atoms with Crippen LogP contribution in [0.5, 0.6) is 0 Å². The van der Waals surface area contributed by atoms with Crippen molar-refractivity contribution in [3.63, 3.8) is 0 Å². The Morgan fingerprint density at radius 3 is 2.32 bits per heavy atom. The van der Waals surface area contributed by atoms with Crippen LogP contribution in [0.15, 0.2) is 67.0 Å². The van der Waals surface area contributed by atoms with Gasteiger partial charge in [-0.05, 0) is 62.4 Å². The molecular formula is C30H30F2N4O2. The fourth-order valence-electron chi connectivity index (χ4n) is 4.56. The summed E-state index contributed by atoms with van der Waals surface area (Å²) in [5.74, 6) is -1.01. The van der Waals surface area contributed by atoms with Crippen molar-refractivity contribution in [2.75, 3.05) is 0 Å². The zero-order chi connectivity index (χ0) is 26.9. The van der Waals surface area contributed by atoms with Crippen LogP contribution in [0.1, 0.15) is 37.5 Å². The van der Waals surface area contributed by atoms with Crippen molar-refractivity contribution in [3.05, 3.63) is 95.3 Å². The van der Waals surface area contributed by atoms with Crippen LogP contribution < -0.4 is 5.32 Å². The monoisotopic (exact) mass is 516 g/mol. The van der Waals surface area contributed by atoms with Crippen LogP contribution in [-0.2, 0) is 35.6 Å². The van der Waals surface area contributed by atoms with Crippen molar-refractivity contribution < 1.29 is 18.3 Å². The molecule has 5 rings (SSSR count). The number of nitrogens with zero attached hydrogens (tertiary/aromatic N) is 3. The molecule has 38 heavy (non-hydrogen) atoms. The van der Waals surface area contributed by atoms with Crippen molar-refractivity contribution in [3.8, 4) is 22.5 Å². The first kappa shape index (κ1) is 25.7. The molecule has 0 unspecified atom stereocenters. The van der Waals surface area contributed by atoms with Gasteiger partial charge in [0.25, 0.3) is 0 Å². The second kappa shape index (κ2) is 10.5. The molecule has 0 radical (unpaired) electrons. The number of ether oxygens (including phenoxy) is 1. The number of carbonyl (C=O) groups is 1. The number of halogens is 2. The quantitative estimate of drug-likeness (QED) is 0.320. The lowest BCUT2D eigenvalue weighted by atomic mass is 9.98. The maximum absolute atomic E-state index is 15.5. The molecule has 0 amide bonds. The summed E-state index contributed by atoms with van der Waals surface area (Å²) in [6.07, 6.45) is 3.19. The zero-order valence-corrected chi connectivity index (χ0v) is 21.7. The molecule has 1 aliphatic carbocycles. The molecule has 1 aliphatic rings. The SMILES string of the molecule is CC(C)(C)C(=O)OCn1cnc(-c2ccc(-c3ccc(F)c(CNC4Cc5ccccc5C4)c3F)cc2)n1. The lowest BCUT2D eigenvalue weighted by Crippen LogP contribution is -2.29. The minimum atomic E-state index is -0.604. The van der Waals surface area contributed by atoms with Gasteiger partial charge in [0.05, 0.1) is 5.41 Å². The number of carbonyl (C=O) groups excluding carboxylic acids is 1. The molecule has 1 N–H and O–H groups in total. The summed E-state index contributed by atoms with van der Waals surface area (Å²) in [5.41, 5.74) is 3.67. The van der Waals surface area contributed by atoms with E-state index in [1.54, 1.807) is 45.0 Å². The zero-order valence-electron chi connectivity index (χ0n) is 21.7. The number of fused-ring (bicyclic) bond motifs is 1. The van der Waals surface area contributed by atoms with Gasteiger partial charge in [-0.15, -0.1) is 5.10 Å². The fourth-order valence-corrected chi connectivity index (χ4v) is 4.56. The van der Waals surface area contributed by atoms with Crippen molar-refractivity contribution in [1.82, 2.24) is 20.1 Å². The van der Waals surface area contributed by atoms with E-state index in [1.807, 2.05) is 12.1 Å². The van der Waals surface area contributed by atoms with Crippen molar-refractivity contribution in [1.29, 1.82) is 0 Å². The molecule has 0 bridgehead atoms. The van der Waals surface area contributed by atoms with Gasteiger partial charge in [0, 0.05) is 29.3 Å². The van der Waals surface area contributed by atoms with Crippen LogP contribution in [0, 0.1) is 17.0 Å². The number of hydrogen-bond donors (Lipinski definition) is 1. The third-order valence-corrected chi connectivity index (χ3v) is 6.74. The number of benzene rings is 3. The summed E-state index contributed by atoms with van der Waals surface area (Å²) in [6, 6.07) is 18.3. The van der Waals surface area contributed by atoms with Gasteiger partial charge >= 0.3 is 5.97 Å². The van der Waals surface area contributed by atoms with Gasteiger partial charge < -0.3 is 10.1 Å². The molecule has 0 aliphatic heterocycles. The maximum atomic E-state index is 15.5. The summed E-state index contributed by atoms with van der Waals surface area (Å²) in [7, 11) is 0. The summed E-state index contributed by atoms with van der Waals surface area (Å²) >= 11 is 0. The van der Waals surface area contributed by atoms with Crippen LogP contribution >= 0.6 is 0 Å². The first-order valence-electron chi connectivity index (χ1n) is 12.6. The lowest BCUT2D eigenvalue weighted by Gasteiger charge is -2.16. The molecule has 0 fully saturated rings. The fraction of sp³-hybridized carbons (Fsp3) is 0.300. The van der Waals surface area contributed by atoms with Gasteiger partial charge in [0.1, 0.15) is 18.0 Å². The van der Waals surface area contributed by atoms with Crippen molar-refractivity contribution in [2.45, 2.75) is 52.9 Å². The highest BCUT2D eigenvalue weighted by Gasteiger charge is 2.24. The molecule has 196 valence electrons. The van der Waals surface area contributed by atoms with E-state index in [0.29, 0.717) is 17.0 Å². The van der Waals surface area contributed by atoms with Gasteiger partial charge in [0.2, 0.25) is 0 Å². The first-order valence-corrected chi connectivity index (χ1v) is 12.6. The van der Waals surface area contributed by atoms with Crippen LogP contribution in [-0.4, -0.2) is 26.8 Å². The normalized spacial score (nSPS) is 13.5. The van der Waals surface area contributed by atoms with Crippen molar-refractivity contribution in [2.24, 2.45) is 5.41 Å². The minimum absolute atomic E-state index is 0.0350. The van der Waals surface area contributed by atoms with Gasteiger partial charge in [-0.25, -0.2) is 18.4 Å². The lowest BCUT2D eigenvalue weighted by molar-refractivity contribution is -0.157. The van der Waals surface area contributed by atoms with Gasteiger partial charge in [0.15, 0.2) is 12.6 Å². The maximum Gasteiger partial charge on any atom is 0.313 e. The molecule has 0 atom stereocenters. The molecule has 1 heterocycles. The van der Waals surface area contributed by atoms with E-state index in [4.69, 9.17) is 4.74 Å². The van der Waals surface area contributed by atoms with E-state index in [2.05, 4.69) is 27.5 Å². The average Bonchev–Trinajstić information content (AvgIpc) is 3.54. The van der Waals surface area contributed by atoms with Gasteiger partial charge in [-0.1, -0.05) is 48.5 Å². The number of rotatable bonds is 7. The van der Waals surface area contributed by atoms with Crippen LogP contribution in [0.25, 0.3) is 22.5 Å². The largest absolute Gasteiger partial charge is 0.442 e.